The minimum atomic E-state index is -1.28. The van der Waals surface area contributed by atoms with Gasteiger partial charge in [0.2, 0.25) is 5.28 Å². The Bertz CT molecular complexity index is 650. The normalized spacial score (nSPS) is 30.2. The number of aliphatic hydroxyl groups excluding tert-OH is 3. The van der Waals surface area contributed by atoms with Crippen LogP contribution in [-0.2, 0) is 4.74 Å². The maximum absolute atomic E-state index is 10.0. The van der Waals surface area contributed by atoms with Gasteiger partial charge in [0.15, 0.2) is 23.2 Å². The van der Waals surface area contributed by atoms with Crippen LogP contribution >= 0.6 is 11.6 Å². The Kier molecular flexibility index (Phi) is 3.22. The van der Waals surface area contributed by atoms with Gasteiger partial charge in [0.05, 0.1) is 6.61 Å². The first-order chi connectivity index (χ1) is 9.54. The molecule has 0 saturated carbocycles. The molecule has 10 heteroatoms. The summed E-state index contributed by atoms with van der Waals surface area (Å²) in [6.45, 7) is -0.434. The third-order valence-electron chi connectivity index (χ3n) is 3.23. The predicted molar refractivity (Wildman–Crippen MR) is 67.8 cm³/mol. The first-order valence-corrected chi connectivity index (χ1v) is 6.18. The van der Waals surface area contributed by atoms with Crippen LogP contribution in [0.5, 0.6) is 0 Å². The first kappa shape index (κ1) is 13.5. The number of imidazole rings is 1. The number of ether oxygens (including phenoxy) is 1. The third-order valence-corrected chi connectivity index (χ3v) is 3.50. The molecule has 9 nitrogen and oxygen atoms in total. The van der Waals surface area contributed by atoms with Crippen LogP contribution in [0, 0.1) is 0 Å². The maximum atomic E-state index is 10.0. The monoisotopic (exact) mass is 301 g/mol. The van der Waals surface area contributed by atoms with E-state index in [1.807, 2.05) is 0 Å². The number of halogens is 1. The largest absolute Gasteiger partial charge is 0.394 e. The molecule has 0 amide bonds. The van der Waals surface area contributed by atoms with Gasteiger partial charge in [0.25, 0.3) is 0 Å². The first-order valence-electron chi connectivity index (χ1n) is 5.81. The number of fused-ring (bicyclic) bond motifs is 1. The molecule has 20 heavy (non-hydrogen) atoms. The van der Waals surface area contributed by atoms with E-state index < -0.39 is 31.1 Å². The smallest absolute Gasteiger partial charge is 0.207 e. The molecule has 1 aliphatic heterocycles. The SMILES string of the molecule is Nc1ncnc2c1nc(Cl)n2[C@@H]1O[C@@H](CO)[C@H](O)[C@H]1O. The maximum Gasteiger partial charge on any atom is 0.207 e. The second kappa shape index (κ2) is 4.79. The van der Waals surface area contributed by atoms with Crippen molar-refractivity contribution < 1.29 is 20.1 Å². The number of nitrogens with two attached hydrogens (primary N) is 1. The molecule has 0 radical (unpaired) electrons. The van der Waals surface area contributed by atoms with Crippen molar-refractivity contribution in [2.75, 3.05) is 12.3 Å². The minimum Gasteiger partial charge on any atom is -0.394 e. The standard InChI is InChI=1S/C10H12ClN5O4/c11-10-15-4-7(12)13-2-14-8(4)16(10)9-6(19)5(18)3(1-17)20-9/h2-3,5-6,9,17-19H,1H2,(H2,12,13,14)/t3-,5-,6+,9+/m0/s1. The van der Waals surface area contributed by atoms with Gasteiger partial charge in [-0.15, -0.1) is 0 Å². The van der Waals surface area contributed by atoms with Gasteiger partial charge in [-0.25, -0.2) is 15.0 Å². The Balaban J connectivity index is 2.11. The molecule has 0 aliphatic carbocycles. The van der Waals surface area contributed by atoms with Crippen molar-refractivity contribution >= 4 is 28.6 Å². The van der Waals surface area contributed by atoms with Crippen molar-refractivity contribution in [2.45, 2.75) is 24.5 Å². The summed E-state index contributed by atoms with van der Waals surface area (Å²) in [7, 11) is 0. The molecule has 3 rings (SSSR count). The topological polar surface area (TPSA) is 140 Å². The molecule has 0 unspecified atom stereocenters. The number of hydrogen-bond donors (Lipinski definition) is 4. The van der Waals surface area contributed by atoms with Crippen LogP contribution in [0.25, 0.3) is 11.2 Å². The molecule has 108 valence electrons. The highest BCUT2D eigenvalue weighted by atomic mass is 35.5. The summed E-state index contributed by atoms with van der Waals surface area (Å²) >= 11 is 6.02. The zero-order valence-corrected chi connectivity index (χ0v) is 10.8. The van der Waals surface area contributed by atoms with Gasteiger partial charge in [-0.2, -0.15) is 0 Å². The Morgan fingerprint density at radius 2 is 2.10 bits per heavy atom. The van der Waals surface area contributed by atoms with E-state index in [2.05, 4.69) is 15.0 Å². The lowest BCUT2D eigenvalue weighted by atomic mass is 10.1. The lowest BCUT2D eigenvalue weighted by molar-refractivity contribution is -0.0509. The number of nitrogens with zero attached hydrogens (tertiary/aromatic N) is 4. The number of anilines is 1. The fourth-order valence-electron chi connectivity index (χ4n) is 2.22. The lowest BCUT2D eigenvalue weighted by Gasteiger charge is -2.17. The molecule has 0 bridgehead atoms. The summed E-state index contributed by atoms with van der Waals surface area (Å²) in [5.74, 6) is 0.141. The van der Waals surface area contributed by atoms with Crippen LogP contribution in [0.2, 0.25) is 5.28 Å². The highest BCUT2D eigenvalue weighted by molar-refractivity contribution is 6.29. The molecule has 5 N–H and O–H groups in total. The Labute approximate surface area is 117 Å². The summed E-state index contributed by atoms with van der Waals surface area (Å²) < 4.78 is 6.70. The fraction of sp³-hybridized carbons (Fsp3) is 0.500. The number of aliphatic hydroxyl groups is 3. The fourth-order valence-corrected chi connectivity index (χ4v) is 2.48. The van der Waals surface area contributed by atoms with Gasteiger partial charge in [-0.05, 0) is 11.6 Å². The molecule has 2 aromatic heterocycles. The lowest BCUT2D eigenvalue weighted by Crippen LogP contribution is -2.33. The second-order valence-electron chi connectivity index (χ2n) is 4.41. The third kappa shape index (κ3) is 1.83. The Morgan fingerprint density at radius 3 is 2.75 bits per heavy atom. The Morgan fingerprint density at radius 1 is 1.35 bits per heavy atom. The Hall–Kier alpha value is -1.52. The number of aromatic nitrogens is 4. The highest BCUT2D eigenvalue weighted by Gasteiger charge is 2.44. The van der Waals surface area contributed by atoms with Crippen molar-refractivity contribution in [1.29, 1.82) is 0 Å². The number of nitrogen functional groups attached to an aromatic ring is 1. The average molecular weight is 302 g/mol. The summed E-state index contributed by atoms with van der Waals surface area (Å²) in [6.07, 6.45) is -3.22. The summed E-state index contributed by atoms with van der Waals surface area (Å²) in [5, 5.41) is 28.9. The molecule has 0 aromatic carbocycles. The van der Waals surface area contributed by atoms with Crippen molar-refractivity contribution in [3.63, 3.8) is 0 Å². The van der Waals surface area contributed by atoms with Crippen LogP contribution < -0.4 is 5.73 Å². The van der Waals surface area contributed by atoms with E-state index in [9.17, 15) is 10.2 Å². The predicted octanol–water partition coefficient (Wildman–Crippen LogP) is -1.33. The van der Waals surface area contributed by atoms with Gasteiger partial charge in [0, 0.05) is 0 Å². The summed E-state index contributed by atoms with van der Waals surface area (Å²) in [4.78, 5) is 11.8. The molecule has 1 aliphatic rings. The van der Waals surface area contributed by atoms with Crippen LogP contribution in [0.4, 0.5) is 5.82 Å². The second-order valence-corrected chi connectivity index (χ2v) is 4.75. The minimum absolute atomic E-state index is 0.0120. The van der Waals surface area contributed by atoms with Crippen molar-refractivity contribution in [1.82, 2.24) is 19.5 Å². The summed E-state index contributed by atoms with van der Waals surface area (Å²) in [6, 6.07) is 0. The zero-order chi connectivity index (χ0) is 14.4. The average Bonchev–Trinajstić information content (AvgIpc) is 2.90. The molecule has 4 atom stereocenters. The van der Waals surface area contributed by atoms with Crippen molar-refractivity contribution in [3.8, 4) is 0 Å². The van der Waals surface area contributed by atoms with Crippen molar-refractivity contribution in [3.05, 3.63) is 11.6 Å². The van der Waals surface area contributed by atoms with E-state index in [0.717, 1.165) is 0 Å². The number of hydrogen-bond acceptors (Lipinski definition) is 8. The van der Waals surface area contributed by atoms with Crippen LogP contribution in [0.15, 0.2) is 6.33 Å². The summed E-state index contributed by atoms with van der Waals surface area (Å²) in [5.41, 5.74) is 6.22. The van der Waals surface area contributed by atoms with Gasteiger partial charge in [-0.3, -0.25) is 4.57 Å². The molecular weight excluding hydrogens is 290 g/mol. The van der Waals surface area contributed by atoms with Crippen LogP contribution in [0.3, 0.4) is 0 Å². The zero-order valence-electron chi connectivity index (χ0n) is 10.1. The quantitative estimate of drug-likeness (QED) is 0.500. The van der Waals surface area contributed by atoms with E-state index in [-0.39, 0.29) is 22.3 Å². The molecule has 1 fully saturated rings. The van der Waals surface area contributed by atoms with Crippen LogP contribution in [-0.4, -0.2) is 59.8 Å². The molecule has 3 heterocycles. The molecule has 2 aromatic rings. The van der Waals surface area contributed by atoms with E-state index in [0.29, 0.717) is 0 Å². The van der Waals surface area contributed by atoms with Gasteiger partial charge < -0.3 is 25.8 Å². The van der Waals surface area contributed by atoms with Gasteiger partial charge >= 0.3 is 0 Å². The van der Waals surface area contributed by atoms with Crippen LogP contribution in [0.1, 0.15) is 6.23 Å². The van der Waals surface area contributed by atoms with E-state index in [1.165, 1.54) is 10.9 Å². The number of rotatable bonds is 2. The molecule has 1 saturated heterocycles. The van der Waals surface area contributed by atoms with Crippen molar-refractivity contribution in [2.24, 2.45) is 0 Å². The van der Waals surface area contributed by atoms with Gasteiger partial charge in [0.1, 0.15) is 24.6 Å². The van der Waals surface area contributed by atoms with E-state index >= 15 is 0 Å². The van der Waals surface area contributed by atoms with E-state index in [4.69, 9.17) is 27.2 Å². The molecule has 0 spiro atoms. The highest BCUT2D eigenvalue weighted by Crippen LogP contribution is 2.34. The molecular formula is C10H12ClN5O4. The van der Waals surface area contributed by atoms with Gasteiger partial charge in [-0.1, -0.05) is 0 Å². The van der Waals surface area contributed by atoms with E-state index in [1.54, 1.807) is 0 Å².